The van der Waals surface area contributed by atoms with Crippen molar-refractivity contribution in [2.75, 3.05) is 11.5 Å². The third-order valence-electron chi connectivity index (χ3n) is 5.02. The summed E-state index contributed by atoms with van der Waals surface area (Å²) >= 11 is 1.31. The molecule has 0 unspecified atom stereocenters. The lowest BCUT2D eigenvalue weighted by molar-refractivity contribution is -0.121. The summed E-state index contributed by atoms with van der Waals surface area (Å²) in [4.78, 5) is 28.7. The molecule has 0 fully saturated rings. The van der Waals surface area contributed by atoms with Crippen molar-refractivity contribution in [3.05, 3.63) is 82.4 Å². The monoisotopic (exact) mass is 433 g/mol. The molecule has 2 heterocycles. The number of fused-ring (bicyclic) bond motifs is 1. The van der Waals surface area contributed by atoms with Crippen molar-refractivity contribution in [3.8, 4) is 0 Å². The van der Waals surface area contributed by atoms with E-state index in [2.05, 4.69) is 5.10 Å². The Bertz CT molecular complexity index is 1210. The molecule has 0 saturated heterocycles. The van der Waals surface area contributed by atoms with Gasteiger partial charge >= 0.3 is 5.97 Å². The van der Waals surface area contributed by atoms with Gasteiger partial charge in [-0.05, 0) is 43.2 Å². The zero-order valence-electron chi connectivity index (χ0n) is 17.7. The minimum absolute atomic E-state index is 0.276. The molecule has 158 valence electrons. The van der Waals surface area contributed by atoms with Crippen LogP contribution in [-0.4, -0.2) is 28.3 Å². The maximum atomic E-state index is 13.1. The number of aryl methyl sites for hydroxylation is 3. The van der Waals surface area contributed by atoms with Crippen LogP contribution in [0.2, 0.25) is 0 Å². The Balaban J connectivity index is 1.51. The maximum Gasteiger partial charge on any atom is 0.348 e. The minimum Gasteiger partial charge on any atom is -0.451 e. The van der Waals surface area contributed by atoms with E-state index in [-0.39, 0.29) is 12.5 Å². The number of benzene rings is 2. The summed E-state index contributed by atoms with van der Waals surface area (Å²) in [6, 6.07) is 19.2. The fraction of sp³-hybridized carbons (Fsp3) is 0.208. The van der Waals surface area contributed by atoms with Crippen LogP contribution in [0.15, 0.2) is 60.7 Å². The predicted octanol–water partition coefficient (Wildman–Crippen LogP) is 4.64. The molecule has 4 rings (SSSR count). The fourth-order valence-electron chi connectivity index (χ4n) is 3.47. The number of hydrogen-bond donors (Lipinski definition) is 0. The van der Waals surface area contributed by atoms with Gasteiger partial charge in [-0.25, -0.2) is 4.79 Å². The lowest BCUT2D eigenvalue weighted by atomic mass is 10.1. The normalized spacial score (nSPS) is 10.9. The second-order valence-corrected chi connectivity index (χ2v) is 8.45. The van der Waals surface area contributed by atoms with E-state index in [4.69, 9.17) is 4.74 Å². The van der Waals surface area contributed by atoms with Gasteiger partial charge in [0.2, 0.25) is 0 Å². The largest absolute Gasteiger partial charge is 0.451 e. The number of anilines is 1. The first-order valence-electron chi connectivity index (χ1n) is 9.93. The van der Waals surface area contributed by atoms with Crippen molar-refractivity contribution >= 4 is 39.1 Å². The summed E-state index contributed by atoms with van der Waals surface area (Å²) < 4.78 is 7.14. The lowest BCUT2D eigenvalue weighted by Crippen LogP contribution is -2.34. The molecule has 7 heteroatoms. The quantitative estimate of drug-likeness (QED) is 0.416. The summed E-state index contributed by atoms with van der Waals surface area (Å²) in [6.07, 6.45) is 0. The minimum atomic E-state index is -0.502. The van der Waals surface area contributed by atoms with Gasteiger partial charge in [-0.3, -0.25) is 9.48 Å². The average Bonchev–Trinajstić information content (AvgIpc) is 3.32. The fourth-order valence-corrected chi connectivity index (χ4v) is 4.48. The van der Waals surface area contributed by atoms with E-state index < -0.39 is 5.97 Å². The molecule has 0 aliphatic carbocycles. The van der Waals surface area contributed by atoms with Crippen LogP contribution in [0.1, 0.15) is 26.5 Å². The van der Waals surface area contributed by atoms with E-state index >= 15 is 0 Å². The first-order chi connectivity index (χ1) is 14.9. The highest BCUT2D eigenvalue weighted by Gasteiger charge is 2.21. The van der Waals surface area contributed by atoms with E-state index in [1.54, 1.807) is 15.6 Å². The molecule has 0 radical (unpaired) electrons. The molecule has 0 saturated carbocycles. The number of ether oxygens (including phenoxy) is 1. The van der Waals surface area contributed by atoms with Crippen LogP contribution in [0, 0.1) is 13.8 Å². The molecule has 6 nitrogen and oxygen atoms in total. The molecule has 31 heavy (non-hydrogen) atoms. The molecule has 0 N–H and O–H groups in total. The van der Waals surface area contributed by atoms with Crippen LogP contribution >= 0.6 is 11.3 Å². The van der Waals surface area contributed by atoms with E-state index in [0.29, 0.717) is 11.4 Å². The van der Waals surface area contributed by atoms with Crippen LogP contribution in [0.25, 0.3) is 10.2 Å². The van der Waals surface area contributed by atoms with Crippen molar-refractivity contribution in [2.45, 2.75) is 20.4 Å². The lowest BCUT2D eigenvalue weighted by Gasteiger charge is -2.23. The van der Waals surface area contributed by atoms with Gasteiger partial charge in [0.25, 0.3) is 5.91 Å². The molecule has 0 atom stereocenters. The van der Waals surface area contributed by atoms with Gasteiger partial charge < -0.3 is 9.64 Å². The van der Waals surface area contributed by atoms with Gasteiger partial charge in [0.1, 0.15) is 9.71 Å². The van der Waals surface area contributed by atoms with Crippen LogP contribution < -0.4 is 4.90 Å². The van der Waals surface area contributed by atoms with E-state index in [1.807, 2.05) is 75.5 Å². The third-order valence-corrected chi connectivity index (χ3v) is 6.20. The molecule has 1 amide bonds. The Morgan fingerprint density at radius 2 is 1.84 bits per heavy atom. The Morgan fingerprint density at radius 3 is 2.55 bits per heavy atom. The zero-order valence-corrected chi connectivity index (χ0v) is 18.5. The van der Waals surface area contributed by atoms with Crippen LogP contribution in [0.5, 0.6) is 0 Å². The maximum absolute atomic E-state index is 13.1. The number of aromatic nitrogens is 2. The van der Waals surface area contributed by atoms with Crippen molar-refractivity contribution in [1.29, 1.82) is 0 Å². The van der Waals surface area contributed by atoms with Crippen molar-refractivity contribution < 1.29 is 14.3 Å². The smallest absolute Gasteiger partial charge is 0.348 e. The van der Waals surface area contributed by atoms with Gasteiger partial charge in [0.15, 0.2) is 6.61 Å². The molecule has 0 aliphatic rings. The van der Waals surface area contributed by atoms with Gasteiger partial charge in [-0.1, -0.05) is 42.5 Å². The molecular formula is C24H23N3O3S. The number of nitrogens with zero attached hydrogens (tertiary/aromatic N) is 3. The van der Waals surface area contributed by atoms with Gasteiger partial charge in [-0.2, -0.15) is 5.10 Å². The summed E-state index contributed by atoms with van der Waals surface area (Å²) in [5.74, 6) is -0.778. The van der Waals surface area contributed by atoms with Crippen LogP contribution in [0.4, 0.5) is 5.69 Å². The number of hydrogen-bond acceptors (Lipinski definition) is 5. The molecule has 0 spiro atoms. The molecule has 2 aromatic carbocycles. The molecular weight excluding hydrogens is 410 g/mol. The van der Waals surface area contributed by atoms with E-state index in [9.17, 15) is 9.59 Å². The molecule has 0 aliphatic heterocycles. The predicted molar refractivity (Wildman–Crippen MR) is 122 cm³/mol. The number of esters is 1. The summed E-state index contributed by atoms with van der Waals surface area (Å²) in [5, 5.41) is 5.27. The highest BCUT2D eigenvalue weighted by Crippen LogP contribution is 2.28. The number of thiophene rings is 1. The standard InChI is InChI=1S/C24H23N3O3S/c1-16-8-7-11-19(12-16)27(14-18-9-5-4-6-10-18)22(28)15-30-24(29)21-13-20-17(2)25-26(3)23(20)31-21/h4-13H,14-15H2,1-3H3. The topological polar surface area (TPSA) is 64.4 Å². The van der Waals surface area contributed by atoms with Crippen LogP contribution in [-0.2, 0) is 23.1 Å². The Hall–Kier alpha value is -3.45. The Labute approximate surface area is 184 Å². The van der Waals surface area contributed by atoms with Gasteiger partial charge in [-0.15, -0.1) is 11.3 Å². The third kappa shape index (κ3) is 4.51. The van der Waals surface area contributed by atoms with Crippen molar-refractivity contribution in [3.63, 3.8) is 0 Å². The van der Waals surface area contributed by atoms with E-state index in [1.165, 1.54) is 11.3 Å². The van der Waals surface area contributed by atoms with Crippen LogP contribution in [0.3, 0.4) is 0 Å². The molecule has 4 aromatic rings. The first-order valence-corrected chi connectivity index (χ1v) is 10.8. The Kier molecular flexibility index (Phi) is 5.86. The number of carbonyl (C=O) groups excluding carboxylic acids is 2. The summed E-state index contributed by atoms with van der Waals surface area (Å²) in [5.41, 5.74) is 3.68. The van der Waals surface area contributed by atoms with E-state index in [0.717, 1.165) is 32.7 Å². The molecule has 2 aromatic heterocycles. The van der Waals surface area contributed by atoms with Gasteiger partial charge in [0.05, 0.1) is 12.2 Å². The summed E-state index contributed by atoms with van der Waals surface area (Å²) in [7, 11) is 1.84. The highest BCUT2D eigenvalue weighted by atomic mass is 32.1. The average molecular weight is 434 g/mol. The first kappa shape index (κ1) is 20.8. The second kappa shape index (κ2) is 8.73. The van der Waals surface area contributed by atoms with Crippen molar-refractivity contribution in [1.82, 2.24) is 9.78 Å². The Morgan fingerprint density at radius 1 is 1.06 bits per heavy atom. The highest BCUT2D eigenvalue weighted by molar-refractivity contribution is 7.20. The van der Waals surface area contributed by atoms with Crippen molar-refractivity contribution in [2.24, 2.45) is 7.05 Å². The molecule has 0 bridgehead atoms. The van der Waals surface area contributed by atoms with Gasteiger partial charge in [0, 0.05) is 18.1 Å². The second-order valence-electron chi connectivity index (χ2n) is 7.42. The number of rotatable bonds is 6. The number of carbonyl (C=O) groups is 2. The number of amides is 1. The SMILES string of the molecule is Cc1cccc(N(Cc2ccccc2)C(=O)COC(=O)c2cc3c(C)nn(C)c3s2)c1. The zero-order chi connectivity index (χ0) is 22.0. The summed E-state index contributed by atoms with van der Waals surface area (Å²) in [6.45, 7) is 3.95.